The molecule has 0 saturated heterocycles. The third kappa shape index (κ3) is 5.12. The maximum Gasteiger partial charge on any atom is 0.321 e. The summed E-state index contributed by atoms with van der Waals surface area (Å²) in [6.45, 7) is 7.21. The van der Waals surface area contributed by atoms with E-state index in [9.17, 15) is 9.59 Å². The summed E-state index contributed by atoms with van der Waals surface area (Å²) in [5.41, 5.74) is 1.21. The Bertz CT molecular complexity index is 703. The minimum Gasteiger partial charge on any atom is -0.371 e. The Labute approximate surface area is 141 Å². The third-order valence-electron chi connectivity index (χ3n) is 3.11. The van der Waals surface area contributed by atoms with Crippen LogP contribution in [0.3, 0.4) is 0 Å². The van der Waals surface area contributed by atoms with Crippen LogP contribution in [0, 0.1) is 0 Å². The molecule has 0 saturated carbocycles. The highest BCUT2D eigenvalue weighted by Gasteiger charge is 2.19. The number of carbonyl (C=O) groups excluding carboxylic acids is 2. The summed E-state index contributed by atoms with van der Waals surface area (Å²) in [6.07, 6.45) is 3.42. The summed E-state index contributed by atoms with van der Waals surface area (Å²) in [5.74, 6) is -0.413. The molecule has 24 heavy (non-hydrogen) atoms. The number of benzene rings is 1. The summed E-state index contributed by atoms with van der Waals surface area (Å²) >= 11 is 0. The van der Waals surface area contributed by atoms with E-state index >= 15 is 0 Å². The number of imide groups is 1. The predicted octanol–water partition coefficient (Wildman–Crippen LogP) is 2.30. The second-order valence-corrected chi connectivity index (χ2v) is 6.57. The molecule has 7 heteroatoms. The number of urea groups is 1. The molecule has 1 aromatic heterocycles. The lowest BCUT2D eigenvalue weighted by molar-refractivity contribution is -0.120. The topological polar surface area (TPSA) is 88.1 Å². The van der Waals surface area contributed by atoms with Crippen molar-refractivity contribution in [2.24, 2.45) is 0 Å². The Hall–Kier alpha value is -2.83. The number of aromatic nitrogens is 2. The van der Waals surface area contributed by atoms with E-state index < -0.39 is 23.5 Å². The van der Waals surface area contributed by atoms with E-state index in [1.54, 1.807) is 24.0 Å². The minimum atomic E-state index is -0.579. The molecule has 0 aliphatic rings. The lowest BCUT2D eigenvalue weighted by atomic mass is 10.1. The van der Waals surface area contributed by atoms with Crippen LogP contribution < -0.4 is 16.0 Å². The van der Waals surface area contributed by atoms with Crippen LogP contribution in [0.5, 0.6) is 0 Å². The van der Waals surface area contributed by atoms with Crippen LogP contribution in [0.2, 0.25) is 0 Å². The molecule has 1 heterocycles. The van der Waals surface area contributed by atoms with E-state index in [1.165, 1.54) is 0 Å². The fourth-order valence-electron chi connectivity index (χ4n) is 2.03. The van der Waals surface area contributed by atoms with Crippen LogP contribution in [0.15, 0.2) is 42.7 Å². The van der Waals surface area contributed by atoms with Gasteiger partial charge < -0.3 is 10.6 Å². The zero-order chi connectivity index (χ0) is 17.7. The molecule has 0 aliphatic heterocycles. The van der Waals surface area contributed by atoms with E-state index in [0.29, 0.717) is 5.69 Å². The van der Waals surface area contributed by atoms with Crippen LogP contribution in [0.25, 0.3) is 5.69 Å². The van der Waals surface area contributed by atoms with Crippen LogP contribution in [0.4, 0.5) is 10.5 Å². The first-order chi connectivity index (χ1) is 11.2. The molecule has 0 spiro atoms. The second-order valence-electron chi connectivity index (χ2n) is 6.57. The summed E-state index contributed by atoms with van der Waals surface area (Å²) in [6, 6.07) is 8.56. The molecule has 7 nitrogen and oxygen atoms in total. The number of rotatable bonds is 4. The Kier molecular flexibility index (Phi) is 5.23. The van der Waals surface area contributed by atoms with Crippen molar-refractivity contribution < 1.29 is 9.59 Å². The lowest BCUT2D eigenvalue weighted by Crippen LogP contribution is -2.51. The van der Waals surface area contributed by atoms with Gasteiger partial charge in [-0.2, -0.15) is 5.10 Å². The largest absolute Gasteiger partial charge is 0.371 e. The number of carbonyl (C=O) groups is 2. The van der Waals surface area contributed by atoms with Crippen molar-refractivity contribution in [3.8, 4) is 5.69 Å². The van der Waals surface area contributed by atoms with Gasteiger partial charge in [0.15, 0.2) is 0 Å². The second kappa shape index (κ2) is 7.16. The van der Waals surface area contributed by atoms with E-state index in [2.05, 4.69) is 21.0 Å². The van der Waals surface area contributed by atoms with Gasteiger partial charge in [-0.3, -0.25) is 10.1 Å². The van der Waals surface area contributed by atoms with E-state index in [4.69, 9.17) is 0 Å². The summed E-state index contributed by atoms with van der Waals surface area (Å²) in [7, 11) is 0. The molecule has 0 aliphatic carbocycles. The Balaban J connectivity index is 1.92. The van der Waals surface area contributed by atoms with Crippen molar-refractivity contribution >= 4 is 17.6 Å². The van der Waals surface area contributed by atoms with Gasteiger partial charge in [0.2, 0.25) is 5.91 Å². The normalized spacial score (nSPS) is 12.3. The van der Waals surface area contributed by atoms with Gasteiger partial charge in [0.05, 0.1) is 23.8 Å². The van der Waals surface area contributed by atoms with Gasteiger partial charge in [0, 0.05) is 5.54 Å². The van der Waals surface area contributed by atoms with Crippen molar-refractivity contribution in [2.45, 2.75) is 39.3 Å². The summed E-state index contributed by atoms with van der Waals surface area (Å²) in [5, 5.41) is 12.3. The number of hydrogen-bond acceptors (Lipinski definition) is 4. The van der Waals surface area contributed by atoms with Gasteiger partial charge in [0.25, 0.3) is 0 Å². The standard InChI is InChI=1S/C17H23N5O2/c1-12(15(23)20-16(24)21-17(2,3)4)19-13-10-18-22(11-13)14-8-6-5-7-9-14/h5-12,19H,1-4H3,(H2,20,21,23,24). The van der Waals surface area contributed by atoms with Crippen LogP contribution in [-0.4, -0.2) is 33.3 Å². The van der Waals surface area contributed by atoms with Crippen molar-refractivity contribution in [3.63, 3.8) is 0 Å². The predicted molar refractivity (Wildman–Crippen MR) is 93.1 cm³/mol. The molecule has 0 radical (unpaired) electrons. The van der Waals surface area contributed by atoms with Crippen LogP contribution in [0.1, 0.15) is 27.7 Å². The number of hydrogen-bond donors (Lipinski definition) is 3. The molecule has 2 aromatic rings. The van der Waals surface area contributed by atoms with E-state index in [1.807, 2.05) is 51.1 Å². The highest BCUT2D eigenvalue weighted by atomic mass is 16.2. The Morgan fingerprint density at radius 1 is 1.17 bits per heavy atom. The van der Waals surface area contributed by atoms with E-state index in [-0.39, 0.29) is 0 Å². The molecule has 1 atom stereocenters. The Morgan fingerprint density at radius 2 is 1.83 bits per heavy atom. The highest BCUT2D eigenvalue weighted by Crippen LogP contribution is 2.12. The number of anilines is 1. The van der Waals surface area contributed by atoms with Crippen LogP contribution in [-0.2, 0) is 4.79 Å². The summed E-state index contributed by atoms with van der Waals surface area (Å²) < 4.78 is 1.71. The fourth-order valence-corrected chi connectivity index (χ4v) is 2.03. The van der Waals surface area contributed by atoms with Gasteiger partial charge in [-0.05, 0) is 39.8 Å². The first-order valence-corrected chi connectivity index (χ1v) is 7.74. The molecule has 128 valence electrons. The molecule has 2 rings (SSSR count). The van der Waals surface area contributed by atoms with Gasteiger partial charge >= 0.3 is 6.03 Å². The zero-order valence-electron chi connectivity index (χ0n) is 14.3. The molecule has 0 bridgehead atoms. The van der Waals surface area contributed by atoms with Gasteiger partial charge in [-0.25, -0.2) is 9.48 Å². The fraction of sp³-hybridized carbons (Fsp3) is 0.353. The molecular weight excluding hydrogens is 306 g/mol. The quantitative estimate of drug-likeness (QED) is 0.803. The molecule has 1 aromatic carbocycles. The SMILES string of the molecule is CC(Nc1cnn(-c2ccccc2)c1)C(=O)NC(=O)NC(C)(C)C. The smallest absolute Gasteiger partial charge is 0.321 e. The highest BCUT2D eigenvalue weighted by molar-refractivity contribution is 5.98. The van der Waals surface area contributed by atoms with Crippen molar-refractivity contribution in [1.82, 2.24) is 20.4 Å². The van der Waals surface area contributed by atoms with Gasteiger partial charge in [-0.1, -0.05) is 18.2 Å². The number of amides is 3. The number of para-hydroxylation sites is 1. The average Bonchev–Trinajstić information content (AvgIpc) is 2.94. The monoisotopic (exact) mass is 329 g/mol. The van der Waals surface area contributed by atoms with Crippen LogP contribution >= 0.6 is 0 Å². The van der Waals surface area contributed by atoms with Crippen molar-refractivity contribution in [2.75, 3.05) is 5.32 Å². The molecular formula is C17H23N5O2. The van der Waals surface area contributed by atoms with Gasteiger partial charge in [-0.15, -0.1) is 0 Å². The van der Waals surface area contributed by atoms with Crippen molar-refractivity contribution in [1.29, 1.82) is 0 Å². The molecule has 1 unspecified atom stereocenters. The summed E-state index contributed by atoms with van der Waals surface area (Å²) in [4.78, 5) is 23.8. The minimum absolute atomic E-state index is 0.405. The zero-order valence-corrected chi connectivity index (χ0v) is 14.3. The third-order valence-corrected chi connectivity index (χ3v) is 3.11. The number of nitrogens with zero attached hydrogens (tertiary/aromatic N) is 2. The lowest BCUT2D eigenvalue weighted by Gasteiger charge is -2.21. The maximum absolute atomic E-state index is 12.1. The first-order valence-electron chi connectivity index (χ1n) is 7.74. The van der Waals surface area contributed by atoms with E-state index in [0.717, 1.165) is 5.69 Å². The van der Waals surface area contributed by atoms with Crippen molar-refractivity contribution in [3.05, 3.63) is 42.7 Å². The molecule has 0 fully saturated rings. The van der Waals surface area contributed by atoms with Gasteiger partial charge in [0.1, 0.15) is 6.04 Å². The average molecular weight is 329 g/mol. The first kappa shape index (κ1) is 17.5. The molecule has 3 amide bonds. The molecule has 3 N–H and O–H groups in total. The number of nitrogens with one attached hydrogen (secondary N) is 3. The maximum atomic E-state index is 12.1. The Morgan fingerprint density at radius 3 is 2.46 bits per heavy atom.